The van der Waals surface area contributed by atoms with Gasteiger partial charge in [0.05, 0.1) is 12.2 Å². The van der Waals surface area contributed by atoms with Crippen molar-refractivity contribution in [1.82, 2.24) is 15.2 Å². The van der Waals surface area contributed by atoms with Gasteiger partial charge in [0.25, 0.3) is 0 Å². The van der Waals surface area contributed by atoms with Crippen LogP contribution in [0.1, 0.15) is 48.4 Å². The number of aryl methyl sites for hydroxylation is 2. The first-order valence-electron chi connectivity index (χ1n) is 7.39. The quantitative estimate of drug-likeness (QED) is 0.648. The van der Waals surface area contributed by atoms with Crippen LogP contribution in [0.2, 0.25) is 0 Å². The largest absolute Gasteiger partial charge is 0.272 e. The smallest absolute Gasteiger partial charge is 0.0559 e. The molecule has 3 N–H and O–H groups in total. The van der Waals surface area contributed by atoms with E-state index in [1.54, 1.807) is 0 Å². The average molecular weight is 270 g/mol. The van der Waals surface area contributed by atoms with Crippen molar-refractivity contribution in [2.75, 3.05) is 0 Å². The van der Waals surface area contributed by atoms with E-state index in [4.69, 9.17) is 5.84 Å². The maximum absolute atomic E-state index is 5.84. The molecule has 106 valence electrons. The van der Waals surface area contributed by atoms with Crippen LogP contribution in [0.15, 0.2) is 36.7 Å². The topological polar surface area (TPSA) is 55.9 Å². The molecule has 0 aliphatic heterocycles. The Kier molecular flexibility index (Phi) is 3.85. The molecule has 2 aromatic rings. The lowest BCUT2D eigenvalue weighted by atomic mass is 9.90. The lowest BCUT2D eigenvalue weighted by Gasteiger charge is -2.22. The third kappa shape index (κ3) is 2.37. The van der Waals surface area contributed by atoms with Gasteiger partial charge in [-0.15, -0.1) is 0 Å². The first-order chi connectivity index (χ1) is 9.83. The standard InChI is InChI=1S/C16H22N4/c1-2-9-20-11-13(10-18-20)16(19-17)15-8-7-12-5-3-4-6-14(12)15/h3-6,10-11,15-16,19H,2,7-9,17H2,1H3. The lowest BCUT2D eigenvalue weighted by Crippen LogP contribution is -2.31. The second-order valence-electron chi connectivity index (χ2n) is 5.53. The number of nitrogens with two attached hydrogens (primary N) is 1. The fourth-order valence-corrected chi connectivity index (χ4v) is 3.27. The van der Waals surface area contributed by atoms with Crippen LogP contribution in [0, 0.1) is 0 Å². The van der Waals surface area contributed by atoms with E-state index in [1.807, 2.05) is 10.9 Å². The van der Waals surface area contributed by atoms with Crippen molar-refractivity contribution in [2.24, 2.45) is 5.84 Å². The summed E-state index contributed by atoms with van der Waals surface area (Å²) in [5.74, 6) is 6.28. The van der Waals surface area contributed by atoms with Crippen molar-refractivity contribution < 1.29 is 0 Å². The molecule has 4 nitrogen and oxygen atoms in total. The second-order valence-corrected chi connectivity index (χ2v) is 5.53. The summed E-state index contributed by atoms with van der Waals surface area (Å²) in [6.07, 6.45) is 7.44. The van der Waals surface area contributed by atoms with Gasteiger partial charge >= 0.3 is 0 Å². The Bertz CT molecular complexity index is 575. The summed E-state index contributed by atoms with van der Waals surface area (Å²) in [4.78, 5) is 0. The highest BCUT2D eigenvalue weighted by Gasteiger charge is 2.30. The zero-order valence-corrected chi connectivity index (χ0v) is 11.9. The van der Waals surface area contributed by atoms with Gasteiger partial charge in [-0.3, -0.25) is 16.0 Å². The summed E-state index contributed by atoms with van der Waals surface area (Å²) in [7, 11) is 0. The lowest BCUT2D eigenvalue weighted by molar-refractivity contribution is 0.452. The van der Waals surface area contributed by atoms with E-state index in [0.717, 1.165) is 25.8 Å². The maximum Gasteiger partial charge on any atom is 0.0559 e. The number of nitrogens with zero attached hydrogens (tertiary/aromatic N) is 2. The van der Waals surface area contributed by atoms with Gasteiger partial charge in [0, 0.05) is 24.2 Å². The van der Waals surface area contributed by atoms with Gasteiger partial charge in [-0.25, -0.2) is 0 Å². The molecule has 0 radical (unpaired) electrons. The Morgan fingerprint density at radius 2 is 2.30 bits per heavy atom. The molecular weight excluding hydrogens is 248 g/mol. The molecule has 2 atom stereocenters. The molecule has 0 bridgehead atoms. The zero-order chi connectivity index (χ0) is 13.9. The molecule has 0 saturated heterocycles. The zero-order valence-electron chi connectivity index (χ0n) is 11.9. The minimum atomic E-state index is 0.143. The van der Waals surface area contributed by atoms with E-state index < -0.39 is 0 Å². The van der Waals surface area contributed by atoms with Crippen LogP contribution in [0.25, 0.3) is 0 Å². The number of rotatable bonds is 5. The first kappa shape index (κ1) is 13.3. The van der Waals surface area contributed by atoms with Crippen molar-refractivity contribution in [1.29, 1.82) is 0 Å². The van der Waals surface area contributed by atoms with Crippen LogP contribution < -0.4 is 11.3 Å². The predicted octanol–water partition coefficient (Wildman–Crippen LogP) is 2.53. The number of hydrogen-bond acceptors (Lipinski definition) is 3. The number of nitrogens with one attached hydrogen (secondary N) is 1. The number of hydrogen-bond donors (Lipinski definition) is 2. The second kappa shape index (κ2) is 5.77. The molecule has 20 heavy (non-hydrogen) atoms. The molecule has 3 rings (SSSR count). The highest BCUT2D eigenvalue weighted by atomic mass is 15.3. The molecule has 1 aromatic carbocycles. The average Bonchev–Trinajstić information content (AvgIpc) is 3.09. The van der Waals surface area contributed by atoms with E-state index in [0.29, 0.717) is 5.92 Å². The Morgan fingerprint density at radius 1 is 1.45 bits per heavy atom. The third-order valence-corrected chi connectivity index (χ3v) is 4.23. The number of fused-ring (bicyclic) bond motifs is 1. The molecule has 1 heterocycles. The van der Waals surface area contributed by atoms with Crippen molar-refractivity contribution in [2.45, 2.75) is 44.7 Å². The van der Waals surface area contributed by atoms with Crippen LogP contribution >= 0.6 is 0 Å². The Balaban J connectivity index is 1.87. The number of hydrazine groups is 1. The minimum Gasteiger partial charge on any atom is -0.272 e. The summed E-state index contributed by atoms with van der Waals surface area (Å²) < 4.78 is 2.00. The van der Waals surface area contributed by atoms with Crippen molar-refractivity contribution in [3.05, 3.63) is 53.3 Å². The fourth-order valence-electron chi connectivity index (χ4n) is 3.27. The summed E-state index contributed by atoms with van der Waals surface area (Å²) >= 11 is 0. The Labute approximate surface area is 120 Å². The van der Waals surface area contributed by atoms with Gasteiger partial charge in [-0.2, -0.15) is 5.10 Å². The van der Waals surface area contributed by atoms with E-state index in [9.17, 15) is 0 Å². The molecule has 0 spiro atoms. The first-order valence-corrected chi connectivity index (χ1v) is 7.39. The predicted molar refractivity (Wildman–Crippen MR) is 80.1 cm³/mol. The van der Waals surface area contributed by atoms with E-state index in [1.165, 1.54) is 16.7 Å². The molecule has 0 amide bonds. The van der Waals surface area contributed by atoms with Crippen molar-refractivity contribution >= 4 is 0 Å². The summed E-state index contributed by atoms with van der Waals surface area (Å²) in [5.41, 5.74) is 7.07. The molecule has 1 aliphatic rings. The van der Waals surface area contributed by atoms with Crippen molar-refractivity contribution in [3.8, 4) is 0 Å². The maximum atomic E-state index is 5.84. The fraction of sp³-hybridized carbons (Fsp3) is 0.438. The molecule has 2 unspecified atom stereocenters. The monoisotopic (exact) mass is 270 g/mol. The van der Waals surface area contributed by atoms with Crippen LogP contribution in [-0.4, -0.2) is 9.78 Å². The van der Waals surface area contributed by atoms with Crippen LogP contribution in [0.4, 0.5) is 0 Å². The van der Waals surface area contributed by atoms with Crippen LogP contribution in [0.5, 0.6) is 0 Å². The molecule has 0 saturated carbocycles. The van der Waals surface area contributed by atoms with Gasteiger partial charge in [0.2, 0.25) is 0 Å². The van der Waals surface area contributed by atoms with Gasteiger partial charge in [0.15, 0.2) is 0 Å². The summed E-state index contributed by atoms with van der Waals surface area (Å²) in [5, 5.41) is 4.42. The normalized spacial score (nSPS) is 19.0. The summed E-state index contributed by atoms with van der Waals surface area (Å²) in [6, 6.07) is 8.83. The molecule has 1 aromatic heterocycles. The number of benzene rings is 1. The van der Waals surface area contributed by atoms with E-state index >= 15 is 0 Å². The van der Waals surface area contributed by atoms with Gasteiger partial charge in [-0.05, 0) is 30.4 Å². The van der Waals surface area contributed by atoms with Crippen LogP contribution in [0.3, 0.4) is 0 Å². The number of aromatic nitrogens is 2. The molecule has 4 heteroatoms. The Morgan fingerprint density at radius 3 is 3.10 bits per heavy atom. The summed E-state index contributed by atoms with van der Waals surface area (Å²) in [6.45, 7) is 3.12. The van der Waals surface area contributed by atoms with Gasteiger partial charge in [-0.1, -0.05) is 31.2 Å². The highest BCUT2D eigenvalue weighted by molar-refractivity contribution is 5.37. The third-order valence-electron chi connectivity index (χ3n) is 4.23. The van der Waals surface area contributed by atoms with Crippen molar-refractivity contribution in [3.63, 3.8) is 0 Å². The highest BCUT2D eigenvalue weighted by Crippen LogP contribution is 2.41. The Hall–Kier alpha value is -1.65. The van der Waals surface area contributed by atoms with Gasteiger partial charge < -0.3 is 0 Å². The van der Waals surface area contributed by atoms with E-state index in [-0.39, 0.29) is 6.04 Å². The van der Waals surface area contributed by atoms with E-state index in [2.05, 4.69) is 47.9 Å². The SMILES string of the molecule is CCCn1cc(C(NN)C2CCc3ccccc32)cn1. The molecule has 1 aliphatic carbocycles. The minimum absolute atomic E-state index is 0.143. The molecule has 0 fully saturated rings. The molecular formula is C16H22N4. The van der Waals surface area contributed by atoms with Gasteiger partial charge in [0.1, 0.15) is 0 Å². The van der Waals surface area contributed by atoms with Crippen LogP contribution in [-0.2, 0) is 13.0 Å².